The highest BCUT2D eigenvalue weighted by atomic mass is 32.1. The molecule has 0 saturated heterocycles. The van der Waals surface area contributed by atoms with Crippen LogP contribution in [0.5, 0.6) is 0 Å². The highest BCUT2D eigenvalue weighted by molar-refractivity contribution is 7.13. The van der Waals surface area contributed by atoms with E-state index in [1.54, 1.807) is 11.3 Å². The summed E-state index contributed by atoms with van der Waals surface area (Å²) in [5, 5.41) is 2.09. The van der Waals surface area contributed by atoms with Crippen molar-refractivity contribution >= 4 is 22.6 Å². The van der Waals surface area contributed by atoms with Gasteiger partial charge in [0.05, 0.1) is 0 Å². The Hall–Kier alpha value is -2.52. The molecule has 0 N–H and O–H groups in total. The molecule has 0 spiro atoms. The molecule has 3 rings (SSSR count). The van der Waals surface area contributed by atoms with Crippen LogP contribution in [-0.4, -0.2) is 17.7 Å². The normalized spacial score (nSPS) is 12.1. The minimum Gasteiger partial charge on any atom is -0.292 e. The van der Waals surface area contributed by atoms with Gasteiger partial charge in [0.2, 0.25) is 0 Å². The highest BCUT2D eigenvalue weighted by Crippen LogP contribution is 2.29. The summed E-state index contributed by atoms with van der Waals surface area (Å²) >= 11 is 1.73. The summed E-state index contributed by atoms with van der Waals surface area (Å²) in [4.78, 5) is 10.3. The third-order valence-electron chi connectivity index (χ3n) is 4.63. The highest BCUT2D eigenvalue weighted by Gasteiger charge is 2.18. The SMILES string of the molecule is C=C(CC(CC)C(=NC)c1cncc(-c2cccs2)c1)c1ccccc1.CC. The zero-order chi connectivity index (χ0) is 20.4. The van der Waals surface area contributed by atoms with Gasteiger partial charge in [0.25, 0.3) is 0 Å². The lowest BCUT2D eigenvalue weighted by atomic mass is 9.87. The van der Waals surface area contributed by atoms with E-state index in [4.69, 9.17) is 0 Å². The summed E-state index contributed by atoms with van der Waals surface area (Å²) in [6, 6.07) is 16.8. The molecule has 0 aliphatic carbocycles. The van der Waals surface area contributed by atoms with Crippen molar-refractivity contribution in [3.8, 4) is 10.4 Å². The van der Waals surface area contributed by atoms with E-state index in [9.17, 15) is 0 Å². The van der Waals surface area contributed by atoms with E-state index in [0.717, 1.165) is 35.3 Å². The van der Waals surface area contributed by atoms with Crippen molar-refractivity contribution in [2.24, 2.45) is 10.9 Å². The van der Waals surface area contributed by atoms with Crippen molar-refractivity contribution < 1.29 is 0 Å². The maximum Gasteiger partial charge on any atom is 0.0466 e. The minimum atomic E-state index is 0.327. The lowest BCUT2D eigenvalue weighted by Gasteiger charge is -2.19. The van der Waals surface area contributed by atoms with Gasteiger partial charge in [0, 0.05) is 47.1 Å². The van der Waals surface area contributed by atoms with Gasteiger partial charge < -0.3 is 0 Å². The van der Waals surface area contributed by atoms with Gasteiger partial charge in [-0.25, -0.2) is 0 Å². The summed E-state index contributed by atoms with van der Waals surface area (Å²) in [5.41, 5.74) is 5.71. The second-order valence-corrected chi connectivity index (χ2v) is 7.28. The van der Waals surface area contributed by atoms with E-state index in [2.05, 4.69) is 71.3 Å². The maximum atomic E-state index is 4.64. The summed E-state index contributed by atoms with van der Waals surface area (Å²) in [7, 11) is 1.88. The standard InChI is InChI=1S/C23H24N2S.C2H6/c1-4-18(13-17(2)19-9-6-5-7-10-19)23(24-3)21-14-20(15-25-16-21)22-11-8-12-26-22;1-2/h5-12,14-16,18H,2,4,13H2,1,3H3;1-2H3. The Balaban J connectivity index is 0.00000136. The largest absolute Gasteiger partial charge is 0.292 e. The first-order valence-corrected chi connectivity index (χ1v) is 10.8. The van der Waals surface area contributed by atoms with Crippen LogP contribution >= 0.6 is 11.3 Å². The van der Waals surface area contributed by atoms with E-state index < -0.39 is 0 Å². The van der Waals surface area contributed by atoms with Gasteiger partial charge in [0.15, 0.2) is 0 Å². The van der Waals surface area contributed by atoms with E-state index in [-0.39, 0.29) is 0 Å². The molecule has 28 heavy (non-hydrogen) atoms. The third-order valence-corrected chi connectivity index (χ3v) is 5.55. The molecule has 0 saturated carbocycles. The molecular weight excluding hydrogens is 360 g/mol. The number of rotatable bonds is 7. The summed E-state index contributed by atoms with van der Waals surface area (Å²) in [6.45, 7) is 10.5. The van der Waals surface area contributed by atoms with Gasteiger partial charge in [0.1, 0.15) is 0 Å². The molecule has 0 bridgehead atoms. The third kappa shape index (κ3) is 5.49. The fraction of sp³-hybridized carbons (Fsp3) is 0.280. The van der Waals surface area contributed by atoms with Gasteiger partial charge in [-0.1, -0.05) is 63.7 Å². The van der Waals surface area contributed by atoms with Crippen molar-refractivity contribution in [1.82, 2.24) is 4.98 Å². The molecule has 0 amide bonds. The number of aliphatic imine (C=N–C) groups is 1. The Bertz CT molecular complexity index is 880. The Morgan fingerprint density at radius 3 is 2.43 bits per heavy atom. The molecule has 0 fully saturated rings. The molecule has 1 unspecified atom stereocenters. The quantitative estimate of drug-likeness (QED) is 0.386. The van der Waals surface area contributed by atoms with Crippen LogP contribution in [0.3, 0.4) is 0 Å². The van der Waals surface area contributed by atoms with Crippen LogP contribution in [-0.2, 0) is 0 Å². The summed E-state index contributed by atoms with van der Waals surface area (Å²) in [6.07, 6.45) is 5.76. The number of benzene rings is 1. The zero-order valence-electron chi connectivity index (χ0n) is 17.4. The average molecular weight is 391 g/mol. The number of hydrogen-bond acceptors (Lipinski definition) is 3. The van der Waals surface area contributed by atoms with Crippen LogP contribution in [0.1, 0.15) is 44.7 Å². The number of hydrogen-bond donors (Lipinski definition) is 0. The van der Waals surface area contributed by atoms with Crippen molar-refractivity contribution in [3.63, 3.8) is 0 Å². The molecule has 0 aliphatic heterocycles. The van der Waals surface area contributed by atoms with E-state index in [0.29, 0.717) is 5.92 Å². The number of thiophene rings is 1. The number of aromatic nitrogens is 1. The first kappa shape index (κ1) is 21.8. The Kier molecular flexibility index (Phi) is 8.83. The molecule has 0 aliphatic rings. The van der Waals surface area contributed by atoms with Crippen molar-refractivity contribution in [3.05, 3.63) is 84.0 Å². The van der Waals surface area contributed by atoms with Crippen LogP contribution < -0.4 is 0 Å². The Morgan fingerprint density at radius 1 is 1.07 bits per heavy atom. The second-order valence-electron chi connectivity index (χ2n) is 6.33. The molecule has 3 heteroatoms. The second kappa shape index (κ2) is 11.4. The molecule has 146 valence electrons. The number of nitrogens with zero attached hydrogens (tertiary/aromatic N) is 2. The maximum absolute atomic E-state index is 4.64. The van der Waals surface area contributed by atoms with Crippen LogP contribution in [0.15, 0.2) is 77.9 Å². The van der Waals surface area contributed by atoms with Crippen LogP contribution in [0.4, 0.5) is 0 Å². The lowest BCUT2D eigenvalue weighted by molar-refractivity contribution is 0.685. The van der Waals surface area contributed by atoms with Crippen molar-refractivity contribution in [1.29, 1.82) is 0 Å². The minimum absolute atomic E-state index is 0.327. The fourth-order valence-electron chi connectivity index (χ4n) is 3.23. The smallest absolute Gasteiger partial charge is 0.0466 e. The van der Waals surface area contributed by atoms with Crippen LogP contribution in [0, 0.1) is 5.92 Å². The zero-order valence-corrected chi connectivity index (χ0v) is 18.2. The lowest BCUT2D eigenvalue weighted by Crippen LogP contribution is -2.16. The summed E-state index contributed by atoms with van der Waals surface area (Å²) < 4.78 is 0. The number of pyridine rings is 1. The van der Waals surface area contributed by atoms with Gasteiger partial charge in [-0.15, -0.1) is 11.3 Å². The van der Waals surface area contributed by atoms with Gasteiger partial charge in [-0.05, 0) is 41.5 Å². The molecular formula is C25H30N2S. The van der Waals surface area contributed by atoms with Gasteiger partial charge >= 0.3 is 0 Å². The van der Waals surface area contributed by atoms with E-state index >= 15 is 0 Å². The molecule has 2 aromatic heterocycles. The predicted molar refractivity (Wildman–Crippen MR) is 125 cm³/mol. The topological polar surface area (TPSA) is 25.2 Å². The molecule has 1 aromatic carbocycles. The summed E-state index contributed by atoms with van der Waals surface area (Å²) in [5.74, 6) is 0.327. The van der Waals surface area contributed by atoms with Gasteiger partial charge in [-0.3, -0.25) is 9.98 Å². The Labute approximate surface area is 173 Å². The van der Waals surface area contributed by atoms with Crippen molar-refractivity contribution in [2.75, 3.05) is 7.05 Å². The molecule has 1 atom stereocenters. The first-order valence-electron chi connectivity index (χ1n) is 9.92. The van der Waals surface area contributed by atoms with E-state index in [1.807, 2.05) is 39.4 Å². The predicted octanol–water partition coefficient (Wildman–Crippen LogP) is 7.38. The van der Waals surface area contributed by atoms with E-state index in [1.165, 1.54) is 10.4 Å². The number of allylic oxidation sites excluding steroid dienone is 1. The average Bonchev–Trinajstić information content (AvgIpc) is 3.31. The van der Waals surface area contributed by atoms with Crippen LogP contribution in [0.25, 0.3) is 16.0 Å². The Morgan fingerprint density at radius 2 is 1.82 bits per heavy atom. The molecule has 3 aromatic rings. The van der Waals surface area contributed by atoms with Crippen LogP contribution in [0.2, 0.25) is 0 Å². The molecule has 0 radical (unpaired) electrons. The van der Waals surface area contributed by atoms with Crippen molar-refractivity contribution in [2.45, 2.75) is 33.6 Å². The molecule has 2 heterocycles. The molecule has 2 nitrogen and oxygen atoms in total. The van der Waals surface area contributed by atoms with Gasteiger partial charge in [-0.2, -0.15) is 0 Å². The first-order chi connectivity index (χ1) is 13.7. The monoisotopic (exact) mass is 390 g/mol. The fourth-order valence-corrected chi connectivity index (χ4v) is 3.94.